The molecular formula is C23H24ClN3O5S. The van der Waals surface area contributed by atoms with Crippen LogP contribution in [0.2, 0.25) is 5.02 Å². The van der Waals surface area contributed by atoms with Crippen LogP contribution in [-0.4, -0.2) is 66.0 Å². The number of ether oxygens (including phenoxy) is 2. The molecule has 1 aliphatic heterocycles. The van der Waals surface area contributed by atoms with Gasteiger partial charge < -0.3 is 19.7 Å². The van der Waals surface area contributed by atoms with E-state index in [4.69, 9.17) is 28.6 Å². The van der Waals surface area contributed by atoms with Gasteiger partial charge in [-0.15, -0.1) is 0 Å². The van der Waals surface area contributed by atoms with Gasteiger partial charge in [-0.05, 0) is 60.6 Å². The summed E-state index contributed by atoms with van der Waals surface area (Å²) in [5, 5.41) is 3.61. The number of anilines is 1. The van der Waals surface area contributed by atoms with Crippen LogP contribution >= 0.6 is 23.8 Å². The van der Waals surface area contributed by atoms with Crippen molar-refractivity contribution < 1.29 is 23.9 Å². The average Bonchev–Trinajstić information content (AvgIpc) is 3.02. The number of hydrogen-bond donors (Lipinski definition) is 1. The van der Waals surface area contributed by atoms with Gasteiger partial charge in [0.15, 0.2) is 5.11 Å². The van der Waals surface area contributed by atoms with Crippen molar-refractivity contribution in [3.05, 3.63) is 59.1 Å². The van der Waals surface area contributed by atoms with Crippen LogP contribution in [-0.2, 0) is 25.5 Å². The zero-order chi connectivity index (χ0) is 24.0. The summed E-state index contributed by atoms with van der Waals surface area (Å²) in [5.74, 6) is -0.688. The second-order valence-corrected chi connectivity index (χ2v) is 8.15. The fraction of sp³-hybridized carbons (Fsp3) is 0.304. The molecule has 1 fully saturated rings. The molecule has 8 nitrogen and oxygen atoms in total. The highest BCUT2D eigenvalue weighted by molar-refractivity contribution is 7.80. The molecule has 0 saturated carbocycles. The summed E-state index contributed by atoms with van der Waals surface area (Å²) in [6, 6.07) is 13.4. The normalized spacial score (nSPS) is 15.5. The summed E-state index contributed by atoms with van der Waals surface area (Å²) in [6.45, 7) is 0.0899. The number of methoxy groups -OCH3 is 2. The molecule has 0 radical (unpaired) electrons. The second-order valence-electron chi connectivity index (χ2n) is 7.35. The summed E-state index contributed by atoms with van der Waals surface area (Å²) in [4.78, 5) is 40.5. The van der Waals surface area contributed by atoms with E-state index in [2.05, 4.69) is 10.1 Å². The van der Waals surface area contributed by atoms with Crippen LogP contribution in [0, 0.1) is 0 Å². The molecule has 10 heteroatoms. The van der Waals surface area contributed by atoms with Crippen LogP contribution in [0.25, 0.3) is 0 Å². The van der Waals surface area contributed by atoms with Crippen molar-refractivity contribution in [1.82, 2.24) is 9.80 Å². The molecule has 2 aromatic rings. The number of halogens is 1. The van der Waals surface area contributed by atoms with E-state index < -0.39 is 17.9 Å². The summed E-state index contributed by atoms with van der Waals surface area (Å²) >= 11 is 11.4. The van der Waals surface area contributed by atoms with Gasteiger partial charge in [0, 0.05) is 17.3 Å². The van der Waals surface area contributed by atoms with Gasteiger partial charge in [-0.2, -0.15) is 0 Å². The van der Waals surface area contributed by atoms with Gasteiger partial charge in [0.1, 0.15) is 18.3 Å². The van der Waals surface area contributed by atoms with E-state index in [1.165, 1.54) is 12.0 Å². The van der Waals surface area contributed by atoms with Crippen LogP contribution in [0.15, 0.2) is 48.5 Å². The molecule has 0 bridgehead atoms. The molecule has 1 heterocycles. The topological polar surface area (TPSA) is 88.2 Å². The van der Waals surface area contributed by atoms with Crippen molar-refractivity contribution >= 4 is 52.4 Å². The molecule has 3 rings (SSSR count). The molecule has 2 amide bonds. The molecule has 0 spiro atoms. The van der Waals surface area contributed by atoms with E-state index in [0.29, 0.717) is 29.4 Å². The van der Waals surface area contributed by atoms with E-state index >= 15 is 0 Å². The summed E-state index contributed by atoms with van der Waals surface area (Å²) < 4.78 is 9.80. The molecule has 1 N–H and O–H groups in total. The Hall–Kier alpha value is -3.17. The minimum absolute atomic E-state index is 0.122. The predicted molar refractivity (Wildman–Crippen MR) is 128 cm³/mol. The number of hydrogen-bond acceptors (Lipinski definition) is 6. The van der Waals surface area contributed by atoms with E-state index in [9.17, 15) is 14.4 Å². The number of carbonyl (C=O) groups excluding carboxylic acids is 3. The molecule has 1 saturated heterocycles. The van der Waals surface area contributed by atoms with Crippen molar-refractivity contribution in [1.29, 1.82) is 0 Å². The lowest BCUT2D eigenvalue weighted by Crippen LogP contribution is -2.39. The fourth-order valence-electron chi connectivity index (χ4n) is 3.45. The first-order valence-corrected chi connectivity index (χ1v) is 11.0. The molecule has 0 unspecified atom stereocenters. The zero-order valence-electron chi connectivity index (χ0n) is 18.2. The van der Waals surface area contributed by atoms with Crippen molar-refractivity contribution in [3.63, 3.8) is 0 Å². The van der Waals surface area contributed by atoms with Gasteiger partial charge in [-0.3, -0.25) is 19.3 Å². The highest BCUT2D eigenvalue weighted by atomic mass is 35.5. The van der Waals surface area contributed by atoms with E-state index in [0.717, 1.165) is 5.56 Å². The summed E-state index contributed by atoms with van der Waals surface area (Å²) in [6.07, 6.45) is 0.455. The number of nitrogens with zero attached hydrogens (tertiary/aromatic N) is 2. The first-order chi connectivity index (χ1) is 15.8. The quantitative estimate of drug-likeness (QED) is 0.428. The Kier molecular flexibility index (Phi) is 8.24. The van der Waals surface area contributed by atoms with Gasteiger partial charge in [0.05, 0.1) is 20.6 Å². The van der Waals surface area contributed by atoms with Crippen LogP contribution in [0.3, 0.4) is 0 Å². The van der Waals surface area contributed by atoms with Gasteiger partial charge >= 0.3 is 5.97 Å². The maximum atomic E-state index is 13.1. The Bertz CT molecular complexity index is 1030. The van der Waals surface area contributed by atoms with Gasteiger partial charge in [0.25, 0.3) is 5.91 Å². The van der Waals surface area contributed by atoms with Crippen molar-refractivity contribution in [2.24, 2.45) is 0 Å². The SMILES string of the molecule is COC(=O)CN1C(=O)[C@@H](CC(=O)Nc2ccc(OC)cc2)N(CCc2ccc(Cl)cc2)C1=S. The highest BCUT2D eigenvalue weighted by Crippen LogP contribution is 2.23. The van der Waals surface area contributed by atoms with Gasteiger partial charge in [-0.1, -0.05) is 23.7 Å². The van der Waals surface area contributed by atoms with Gasteiger partial charge in [0.2, 0.25) is 5.91 Å². The Morgan fingerprint density at radius 2 is 1.76 bits per heavy atom. The standard InChI is InChI=1S/C23H24ClN3O5S/c1-31-18-9-7-17(8-10-18)25-20(28)13-19-22(30)27(14-21(29)32-2)23(33)26(19)12-11-15-3-5-16(24)6-4-15/h3-10,19H,11-14H2,1-2H3,(H,25,28)/t19-/m1/s1. The monoisotopic (exact) mass is 489 g/mol. The first kappa shape index (κ1) is 24.5. The maximum Gasteiger partial charge on any atom is 0.325 e. The lowest BCUT2D eigenvalue weighted by atomic mass is 10.1. The van der Waals surface area contributed by atoms with E-state index in [-0.39, 0.29) is 24.0 Å². The van der Waals surface area contributed by atoms with E-state index in [1.54, 1.807) is 48.4 Å². The molecule has 174 valence electrons. The minimum Gasteiger partial charge on any atom is -0.497 e. The largest absolute Gasteiger partial charge is 0.497 e. The number of thiocarbonyl (C=S) groups is 1. The maximum absolute atomic E-state index is 13.1. The highest BCUT2D eigenvalue weighted by Gasteiger charge is 2.43. The van der Waals surface area contributed by atoms with Crippen molar-refractivity contribution in [2.45, 2.75) is 18.9 Å². The summed E-state index contributed by atoms with van der Waals surface area (Å²) in [5.41, 5.74) is 1.58. The zero-order valence-corrected chi connectivity index (χ0v) is 19.8. The fourth-order valence-corrected chi connectivity index (χ4v) is 3.95. The summed E-state index contributed by atoms with van der Waals surface area (Å²) in [7, 11) is 2.80. The lowest BCUT2D eigenvalue weighted by Gasteiger charge is -2.24. The van der Waals surface area contributed by atoms with Gasteiger partial charge in [-0.25, -0.2) is 0 Å². The number of esters is 1. The Labute approximate surface area is 202 Å². The molecule has 0 aromatic heterocycles. The van der Waals surface area contributed by atoms with Crippen LogP contribution < -0.4 is 10.1 Å². The third-order valence-corrected chi connectivity index (χ3v) is 5.93. The van der Waals surface area contributed by atoms with Crippen LogP contribution in [0.5, 0.6) is 5.75 Å². The smallest absolute Gasteiger partial charge is 0.325 e. The number of benzene rings is 2. The second kappa shape index (κ2) is 11.1. The Morgan fingerprint density at radius 3 is 2.36 bits per heavy atom. The molecular weight excluding hydrogens is 466 g/mol. The Balaban J connectivity index is 1.73. The third-order valence-electron chi connectivity index (χ3n) is 5.23. The molecule has 0 aliphatic carbocycles. The molecule has 33 heavy (non-hydrogen) atoms. The Morgan fingerprint density at radius 1 is 1.09 bits per heavy atom. The molecule has 2 aromatic carbocycles. The minimum atomic E-state index is -0.826. The molecule has 1 atom stereocenters. The van der Waals surface area contributed by atoms with Crippen molar-refractivity contribution in [2.75, 3.05) is 32.6 Å². The van der Waals surface area contributed by atoms with Crippen LogP contribution in [0.1, 0.15) is 12.0 Å². The average molecular weight is 490 g/mol. The van der Waals surface area contributed by atoms with E-state index in [1.807, 2.05) is 12.1 Å². The lowest BCUT2D eigenvalue weighted by molar-refractivity contribution is -0.144. The number of carbonyl (C=O) groups is 3. The molecule has 1 aliphatic rings. The van der Waals surface area contributed by atoms with Crippen molar-refractivity contribution in [3.8, 4) is 5.75 Å². The first-order valence-electron chi connectivity index (χ1n) is 10.2. The number of amides is 2. The number of nitrogens with one attached hydrogen (secondary N) is 1. The third kappa shape index (κ3) is 6.21. The van der Waals surface area contributed by atoms with Crippen LogP contribution in [0.4, 0.5) is 5.69 Å². The predicted octanol–water partition coefficient (Wildman–Crippen LogP) is 2.89. The number of rotatable bonds is 9.